The molecule has 0 aromatic carbocycles. The molecular weight excluding hydrogens is 324 g/mol. The van der Waals surface area contributed by atoms with Crippen molar-refractivity contribution in [2.24, 2.45) is 5.92 Å². The summed E-state index contributed by atoms with van der Waals surface area (Å²) in [4.78, 5) is 47.9. The van der Waals surface area contributed by atoms with Gasteiger partial charge in [0.2, 0.25) is 5.91 Å². The molecule has 0 aliphatic carbocycles. The summed E-state index contributed by atoms with van der Waals surface area (Å²) in [7, 11) is 0. The van der Waals surface area contributed by atoms with Gasteiger partial charge in [-0.05, 0) is 6.07 Å². The molecule has 0 aliphatic rings. The Morgan fingerprint density at radius 2 is 1.96 bits per heavy atom. The molecule has 1 aromatic rings. The van der Waals surface area contributed by atoms with E-state index in [0.29, 0.717) is 5.56 Å². The number of carbonyl (C=O) groups is 4. The first-order valence-corrected chi connectivity index (χ1v) is 7.93. The summed E-state index contributed by atoms with van der Waals surface area (Å²) >= 11 is 1.12. The second kappa shape index (κ2) is 8.99. The van der Waals surface area contributed by atoms with Crippen LogP contribution in [0.25, 0.3) is 0 Å². The van der Waals surface area contributed by atoms with Crippen molar-refractivity contribution in [3.8, 4) is 0 Å². The highest BCUT2D eigenvalue weighted by Gasteiger charge is 2.25. The van der Waals surface area contributed by atoms with Gasteiger partial charge in [0.05, 0.1) is 6.42 Å². The Bertz CT molecular complexity index is 572. The van der Waals surface area contributed by atoms with Gasteiger partial charge >= 0.3 is 11.9 Å². The number of aromatic amines is 1. The van der Waals surface area contributed by atoms with Crippen LogP contribution in [0.4, 0.5) is 0 Å². The zero-order valence-corrected chi connectivity index (χ0v) is 13.3. The van der Waals surface area contributed by atoms with Gasteiger partial charge in [0, 0.05) is 42.3 Å². The molecule has 1 amide bonds. The van der Waals surface area contributed by atoms with E-state index in [1.165, 1.54) is 13.1 Å². The lowest BCUT2D eigenvalue weighted by atomic mass is 9.98. The molecule has 0 saturated carbocycles. The number of nitrogens with one attached hydrogen (secondary N) is 2. The molecule has 2 atom stereocenters. The number of carboxylic acids is 2. The smallest absolute Gasteiger partial charge is 0.327 e. The number of hydrogen-bond donors (Lipinski definition) is 4. The molecule has 23 heavy (non-hydrogen) atoms. The Hall–Kier alpha value is -2.29. The highest BCUT2D eigenvalue weighted by atomic mass is 32.2. The molecule has 0 bridgehead atoms. The van der Waals surface area contributed by atoms with Crippen LogP contribution in [-0.4, -0.2) is 56.4 Å². The number of thioether (sulfide) groups is 1. The van der Waals surface area contributed by atoms with E-state index in [4.69, 9.17) is 10.2 Å². The van der Waals surface area contributed by atoms with E-state index in [0.717, 1.165) is 11.8 Å². The summed E-state index contributed by atoms with van der Waals surface area (Å²) in [5, 5.41) is 20.2. The number of carbonyl (C=O) groups excluding carboxylic acids is 2. The van der Waals surface area contributed by atoms with Crippen molar-refractivity contribution in [1.29, 1.82) is 0 Å². The van der Waals surface area contributed by atoms with E-state index in [2.05, 4.69) is 10.3 Å². The van der Waals surface area contributed by atoms with Crippen molar-refractivity contribution in [2.45, 2.75) is 19.4 Å². The van der Waals surface area contributed by atoms with Gasteiger partial charge in [-0.25, -0.2) is 4.79 Å². The van der Waals surface area contributed by atoms with Crippen LogP contribution < -0.4 is 5.32 Å². The SMILES string of the molecule is CC(=O)N[C@@H](CSCC(CC(=O)O)C(=O)c1cc[nH]c1)C(=O)O. The third kappa shape index (κ3) is 6.55. The maximum absolute atomic E-state index is 12.2. The standard InChI is InChI=1S/C14H18N2O6S/c1-8(17)16-11(14(21)22)7-23-6-10(4-12(18)19)13(20)9-2-3-15-5-9/h2-3,5,10-11,15H,4,6-7H2,1H3,(H,16,17)(H,18,19)(H,21,22)/t10?,11-/m0/s1. The maximum Gasteiger partial charge on any atom is 0.327 e. The highest BCUT2D eigenvalue weighted by molar-refractivity contribution is 7.99. The first-order chi connectivity index (χ1) is 10.8. The fourth-order valence-electron chi connectivity index (χ4n) is 1.90. The third-order valence-electron chi connectivity index (χ3n) is 2.95. The Kier molecular flexibility index (Phi) is 7.33. The van der Waals surface area contributed by atoms with Gasteiger partial charge in [0.25, 0.3) is 0 Å². The number of hydrogen-bond acceptors (Lipinski definition) is 5. The fourth-order valence-corrected chi connectivity index (χ4v) is 3.05. The quantitative estimate of drug-likeness (QED) is 0.457. The van der Waals surface area contributed by atoms with Crippen LogP contribution in [0.1, 0.15) is 23.7 Å². The van der Waals surface area contributed by atoms with Crippen LogP contribution in [-0.2, 0) is 14.4 Å². The summed E-state index contributed by atoms with van der Waals surface area (Å²) in [5.74, 6) is -3.63. The van der Waals surface area contributed by atoms with Gasteiger partial charge in [-0.3, -0.25) is 14.4 Å². The molecule has 1 aromatic heterocycles. The third-order valence-corrected chi connectivity index (χ3v) is 4.16. The number of rotatable bonds is 10. The maximum atomic E-state index is 12.2. The second-order valence-corrected chi connectivity index (χ2v) is 5.96. The average Bonchev–Trinajstić information content (AvgIpc) is 2.97. The molecule has 0 saturated heterocycles. The first kappa shape index (κ1) is 18.8. The van der Waals surface area contributed by atoms with Gasteiger partial charge in [0.15, 0.2) is 5.78 Å². The Labute approximate surface area is 136 Å². The molecule has 1 rings (SSSR count). The lowest BCUT2D eigenvalue weighted by molar-refractivity contribution is -0.140. The minimum Gasteiger partial charge on any atom is -0.481 e. The highest BCUT2D eigenvalue weighted by Crippen LogP contribution is 2.19. The Morgan fingerprint density at radius 1 is 1.26 bits per heavy atom. The van der Waals surface area contributed by atoms with Gasteiger partial charge < -0.3 is 20.5 Å². The molecule has 9 heteroatoms. The minimum atomic E-state index is -1.18. The lowest BCUT2D eigenvalue weighted by Crippen LogP contribution is -2.41. The van der Waals surface area contributed by atoms with Crippen LogP contribution in [0.5, 0.6) is 0 Å². The monoisotopic (exact) mass is 342 g/mol. The number of H-pyrrole nitrogens is 1. The molecule has 0 spiro atoms. The predicted octanol–water partition coefficient (Wildman–Crippen LogP) is 0.611. The summed E-state index contributed by atoms with van der Waals surface area (Å²) in [6.07, 6.45) is 2.71. The molecule has 0 radical (unpaired) electrons. The van der Waals surface area contributed by atoms with Crippen molar-refractivity contribution in [3.63, 3.8) is 0 Å². The van der Waals surface area contributed by atoms with Crippen LogP contribution in [0.15, 0.2) is 18.5 Å². The predicted molar refractivity (Wildman–Crippen MR) is 83.4 cm³/mol. The van der Waals surface area contributed by atoms with Crippen LogP contribution in [0, 0.1) is 5.92 Å². The van der Waals surface area contributed by atoms with Crippen molar-refractivity contribution in [3.05, 3.63) is 24.0 Å². The topological polar surface area (TPSA) is 137 Å². The molecule has 0 aliphatic heterocycles. The Balaban J connectivity index is 2.63. The molecule has 0 fully saturated rings. The van der Waals surface area contributed by atoms with Crippen LogP contribution in [0.3, 0.4) is 0 Å². The minimum absolute atomic E-state index is 0.0471. The summed E-state index contributed by atoms with van der Waals surface area (Å²) < 4.78 is 0. The molecule has 126 valence electrons. The summed E-state index contributed by atoms with van der Waals surface area (Å²) in [5.41, 5.74) is 0.383. The van der Waals surface area contributed by atoms with Crippen molar-refractivity contribution in [2.75, 3.05) is 11.5 Å². The number of Topliss-reactive ketones (excluding diaryl/α,β-unsaturated/α-hetero) is 1. The number of amides is 1. The van der Waals surface area contributed by atoms with Crippen molar-refractivity contribution < 1.29 is 29.4 Å². The van der Waals surface area contributed by atoms with E-state index in [-0.39, 0.29) is 23.7 Å². The fraction of sp³-hybridized carbons (Fsp3) is 0.429. The second-order valence-electron chi connectivity index (χ2n) is 4.89. The first-order valence-electron chi connectivity index (χ1n) is 6.77. The van der Waals surface area contributed by atoms with E-state index in [1.54, 1.807) is 12.3 Å². The summed E-state index contributed by atoms with van der Waals surface area (Å²) in [6, 6.07) is 0.476. The molecule has 4 N–H and O–H groups in total. The lowest BCUT2D eigenvalue weighted by Gasteiger charge is -2.16. The normalized spacial score (nSPS) is 13.1. The van der Waals surface area contributed by atoms with Crippen LogP contribution in [0.2, 0.25) is 0 Å². The van der Waals surface area contributed by atoms with E-state index >= 15 is 0 Å². The largest absolute Gasteiger partial charge is 0.481 e. The number of ketones is 1. The Morgan fingerprint density at radius 3 is 2.43 bits per heavy atom. The molecule has 1 unspecified atom stereocenters. The van der Waals surface area contributed by atoms with Crippen molar-refractivity contribution in [1.82, 2.24) is 10.3 Å². The zero-order chi connectivity index (χ0) is 17.4. The van der Waals surface area contributed by atoms with Crippen LogP contribution >= 0.6 is 11.8 Å². The average molecular weight is 342 g/mol. The van der Waals surface area contributed by atoms with Gasteiger partial charge in [-0.1, -0.05) is 0 Å². The molecule has 8 nitrogen and oxygen atoms in total. The number of carboxylic acid groups (broad SMARTS) is 2. The molecule has 1 heterocycles. The van der Waals surface area contributed by atoms with Gasteiger partial charge in [-0.15, -0.1) is 0 Å². The van der Waals surface area contributed by atoms with Crippen molar-refractivity contribution >= 4 is 35.4 Å². The van der Waals surface area contributed by atoms with E-state index in [1.807, 2.05) is 0 Å². The van der Waals surface area contributed by atoms with Gasteiger partial charge in [-0.2, -0.15) is 11.8 Å². The van der Waals surface area contributed by atoms with E-state index < -0.39 is 29.8 Å². The molecular formula is C14H18N2O6S. The number of aliphatic carboxylic acids is 2. The van der Waals surface area contributed by atoms with Gasteiger partial charge in [0.1, 0.15) is 6.04 Å². The number of aromatic nitrogens is 1. The zero-order valence-electron chi connectivity index (χ0n) is 12.4. The van der Waals surface area contributed by atoms with E-state index in [9.17, 15) is 19.2 Å². The summed E-state index contributed by atoms with van der Waals surface area (Å²) in [6.45, 7) is 1.21.